The van der Waals surface area contributed by atoms with E-state index in [1.165, 1.54) is 34.4 Å². The van der Waals surface area contributed by atoms with Gasteiger partial charge in [-0.3, -0.25) is 24.1 Å². The molecule has 0 bridgehead atoms. The third-order valence-corrected chi connectivity index (χ3v) is 6.62. The quantitative estimate of drug-likeness (QED) is 0.462. The topological polar surface area (TPSA) is 105 Å². The second-order valence-corrected chi connectivity index (χ2v) is 9.17. The zero-order valence-electron chi connectivity index (χ0n) is 19.9. The summed E-state index contributed by atoms with van der Waals surface area (Å²) in [6, 6.07) is 4.79. The summed E-state index contributed by atoms with van der Waals surface area (Å²) in [6.45, 7) is 1.28. The number of rotatable bonds is 8. The number of ether oxygens (including phenoxy) is 1. The lowest BCUT2D eigenvalue weighted by Crippen LogP contribution is -2.55. The molecule has 0 aliphatic carbocycles. The lowest BCUT2D eigenvalue weighted by molar-refractivity contribution is 0.0455. The summed E-state index contributed by atoms with van der Waals surface area (Å²) < 4.78 is 39.3. The summed E-state index contributed by atoms with van der Waals surface area (Å²) in [5.74, 6) is -3.56. The van der Waals surface area contributed by atoms with Gasteiger partial charge in [-0.25, -0.2) is 8.78 Å². The van der Waals surface area contributed by atoms with Crippen molar-refractivity contribution in [3.63, 3.8) is 0 Å². The summed E-state index contributed by atoms with van der Waals surface area (Å²) in [6.07, 6.45) is 5.49. The Balaban J connectivity index is 1.47. The number of carbonyl (C=O) groups is 2. The zero-order chi connectivity index (χ0) is 26.1. The van der Waals surface area contributed by atoms with Gasteiger partial charge in [0.05, 0.1) is 30.7 Å². The minimum atomic E-state index is -0.980. The highest BCUT2D eigenvalue weighted by Gasteiger charge is 2.36. The molecule has 1 saturated heterocycles. The Morgan fingerprint density at radius 3 is 2.73 bits per heavy atom. The number of carbonyl (C=O) groups excluding carboxylic acids is 2. The Hall–Kier alpha value is -3.99. The van der Waals surface area contributed by atoms with E-state index in [-0.39, 0.29) is 55.5 Å². The molecule has 0 radical (unpaired) electrons. The van der Waals surface area contributed by atoms with Gasteiger partial charge < -0.3 is 19.2 Å². The molecule has 1 fully saturated rings. The van der Waals surface area contributed by atoms with E-state index in [2.05, 4.69) is 0 Å². The number of pyridine rings is 1. The molecule has 1 N–H and O–H groups in total. The highest BCUT2D eigenvalue weighted by Crippen LogP contribution is 2.25. The van der Waals surface area contributed by atoms with E-state index in [1.54, 1.807) is 11.1 Å². The Kier molecular flexibility index (Phi) is 6.79. The lowest BCUT2D eigenvalue weighted by Gasteiger charge is -2.40. The fraction of sp³-hybridized carbons (Fsp3) is 0.346. The molecule has 37 heavy (non-hydrogen) atoms. The van der Waals surface area contributed by atoms with Crippen LogP contribution in [0.4, 0.5) is 8.78 Å². The lowest BCUT2D eigenvalue weighted by atomic mass is 10.0. The maximum Gasteiger partial charge on any atom is 0.277 e. The standard InChI is InChI=1S/C26H25F2N3O6/c27-18-5-3-17(21(28)10-18)4-6-22(32)20-13-31-23(25(34)24(20)33)26(35)29(12-19-2-1-8-37-19)15-30(31)11-16-7-9-36-14-16/h3,5,7,9-10,13-14,19,34H,1-2,4,6,8,11-12,15H2/t19-/m1/s1. The zero-order valence-corrected chi connectivity index (χ0v) is 19.9. The van der Waals surface area contributed by atoms with Crippen molar-refractivity contribution in [3.05, 3.63) is 87.2 Å². The van der Waals surface area contributed by atoms with E-state index in [1.807, 2.05) is 0 Å². The molecule has 3 aromatic rings. The monoisotopic (exact) mass is 513 g/mol. The molecule has 2 aliphatic rings. The molecule has 2 aromatic heterocycles. The van der Waals surface area contributed by atoms with Crippen molar-refractivity contribution < 1.29 is 32.6 Å². The van der Waals surface area contributed by atoms with Gasteiger partial charge in [-0.2, -0.15) is 0 Å². The molecular weight excluding hydrogens is 488 g/mol. The van der Waals surface area contributed by atoms with Gasteiger partial charge in [0.2, 0.25) is 5.43 Å². The van der Waals surface area contributed by atoms with Crippen LogP contribution in [0.25, 0.3) is 0 Å². The third kappa shape index (κ3) is 4.99. The second-order valence-electron chi connectivity index (χ2n) is 9.17. The van der Waals surface area contributed by atoms with Crippen LogP contribution in [0.15, 0.2) is 52.2 Å². The van der Waals surface area contributed by atoms with E-state index >= 15 is 0 Å². The molecular formula is C26H25F2N3O6. The van der Waals surface area contributed by atoms with Crippen LogP contribution in [-0.4, -0.2) is 52.3 Å². The number of furan rings is 1. The average Bonchev–Trinajstić information content (AvgIpc) is 3.57. The summed E-state index contributed by atoms with van der Waals surface area (Å²) in [5.41, 5.74) is -0.666. The van der Waals surface area contributed by atoms with Gasteiger partial charge in [0.25, 0.3) is 5.91 Å². The van der Waals surface area contributed by atoms with Crippen LogP contribution in [0.5, 0.6) is 5.75 Å². The highest BCUT2D eigenvalue weighted by atomic mass is 19.1. The number of ketones is 1. The fourth-order valence-corrected chi connectivity index (χ4v) is 4.69. The number of aromatic hydroxyl groups is 1. The number of nitrogens with zero attached hydrogens (tertiary/aromatic N) is 3. The summed E-state index contributed by atoms with van der Waals surface area (Å²) in [5, 5.41) is 12.5. The van der Waals surface area contributed by atoms with E-state index < -0.39 is 34.5 Å². The van der Waals surface area contributed by atoms with E-state index in [0.717, 1.165) is 30.5 Å². The molecule has 11 heteroatoms. The number of hydrogen-bond acceptors (Lipinski definition) is 7. The molecule has 0 spiro atoms. The molecule has 9 nitrogen and oxygen atoms in total. The van der Waals surface area contributed by atoms with Crippen LogP contribution in [0, 0.1) is 11.6 Å². The van der Waals surface area contributed by atoms with Gasteiger partial charge in [0.1, 0.15) is 18.3 Å². The predicted octanol–water partition coefficient (Wildman–Crippen LogP) is 2.97. The van der Waals surface area contributed by atoms with E-state index in [4.69, 9.17) is 9.15 Å². The van der Waals surface area contributed by atoms with Crippen LogP contribution in [-0.2, 0) is 17.7 Å². The number of aromatic nitrogens is 1. The van der Waals surface area contributed by atoms with Crippen LogP contribution < -0.4 is 10.4 Å². The molecule has 0 saturated carbocycles. The first-order valence-corrected chi connectivity index (χ1v) is 11.9. The maximum atomic E-state index is 14.0. The Morgan fingerprint density at radius 1 is 1.19 bits per heavy atom. The normalized spacial score (nSPS) is 17.4. The Bertz CT molecular complexity index is 1380. The molecule has 5 rings (SSSR count). The summed E-state index contributed by atoms with van der Waals surface area (Å²) in [4.78, 5) is 40.8. The van der Waals surface area contributed by atoms with Crippen LogP contribution in [0.2, 0.25) is 0 Å². The average molecular weight is 513 g/mol. The summed E-state index contributed by atoms with van der Waals surface area (Å²) >= 11 is 0. The smallest absolute Gasteiger partial charge is 0.277 e. The molecule has 1 amide bonds. The largest absolute Gasteiger partial charge is 0.502 e. The molecule has 1 aromatic carbocycles. The van der Waals surface area contributed by atoms with Crippen molar-refractivity contribution in [1.82, 2.24) is 9.58 Å². The first-order valence-electron chi connectivity index (χ1n) is 11.9. The van der Waals surface area contributed by atoms with Gasteiger partial charge in [-0.05, 0) is 37.0 Å². The van der Waals surface area contributed by atoms with Crippen molar-refractivity contribution in [2.75, 3.05) is 24.8 Å². The van der Waals surface area contributed by atoms with Gasteiger partial charge in [0, 0.05) is 37.4 Å². The molecule has 194 valence electrons. The SMILES string of the molecule is O=C(CCc1ccc(F)cc1F)c1cn2c(c(O)c1=O)C(=O)N(C[C@H]1CCCO1)CN2Cc1ccoc1. The first kappa shape index (κ1) is 24.7. The Morgan fingerprint density at radius 2 is 2.03 bits per heavy atom. The number of hydrogen-bond donors (Lipinski definition) is 1. The van der Waals surface area contributed by atoms with Gasteiger partial charge in [-0.15, -0.1) is 0 Å². The molecule has 0 unspecified atom stereocenters. The van der Waals surface area contributed by atoms with Gasteiger partial charge in [0.15, 0.2) is 17.2 Å². The minimum Gasteiger partial charge on any atom is -0.502 e. The van der Waals surface area contributed by atoms with Crippen LogP contribution in [0.1, 0.15) is 51.2 Å². The minimum absolute atomic E-state index is 0.0697. The molecule has 2 aliphatic heterocycles. The summed E-state index contributed by atoms with van der Waals surface area (Å²) in [7, 11) is 0. The predicted molar refractivity (Wildman–Crippen MR) is 127 cm³/mol. The first-order chi connectivity index (χ1) is 17.8. The van der Waals surface area contributed by atoms with Crippen molar-refractivity contribution in [2.45, 2.75) is 38.3 Å². The fourth-order valence-electron chi connectivity index (χ4n) is 4.69. The highest BCUT2D eigenvalue weighted by molar-refractivity contribution is 6.00. The van der Waals surface area contributed by atoms with E-state index in [9.17, 15) is 28.3 Å². The number of benzene rings is 1. The number of amides is 1. The maximum absolute atomic E-state index is 14.0. The second kappa shape index (κ2) is 10.2. The number of fused-ring (bicyclic) bond motifs is 1. The van der Waals surface area contributed by atoms with Gasteiger partial charge >= 0.3 is 0 Å². The van der Waals surface area contributed by atoms with E-state index in [0.29, 0.717) is 6.61 Å². The number of aryl methyl sites for hydroxylation is 1. The molecule has 1 atom stereocenters. The van der Waals surface area contributed by atoms with Crippen molar-refractivity contribution in [3.8, 4) is 5.75 Å². The van der Waals surface area contributed by atoms with Gasteiger partial charge in [-0.1, -0.05) is 6.07 Å². The number of Topliss-reactive ketones (excluding diaryl/α,β-unsaturated/α-hetero) is 1. The Labute approximate surface area is 210 Å². The van der Waals surface area contributed by atoms with Crippen molar-refractivity contribution in [2.24, 2.45) is 0 Å². The number of halogens is 2. The van der Waals surface area contributed by atoms with Crippen LogP contribution >= 0.6 is 0 Å². The third-order valence-electron chi connectivity index (χ3n) is 6.62. The van der Waals surface area contributed by atoms with Crippen molar-refractivity contribution >= 4 is 11.7 Å². The van der Waals surface area contributed by atoms with Crippen molar-refractivity contribution in [1.29, 1.82) is 0 Å². The molecule has 4 heterocycles. The van der Waals surface area contributed by atoms with Crippen LogP contribution in [0.3, 0.4) is 0 Å².